The molecule has 0 saturated carbocycles. The lowest BCUT2D eigenvalue weighted by Gasteiger charge is -2.16. The second-order valence-electron chi connectivity index (χ2n) is 5.83. The van der Waals surface area contributed by atoms with Crippen LogP contribution in [0.15, 0.2) is 36.4 Å². The van der Waals surface area contributed by atoms with E-state index in [1.807, 2.05) is 25.1 Å². The third kappa shape index (κ3) is 3.61. The van der Waals surface area contributed by atoms with Crippen molar-refractivity contribution in [1.29, 1.82) is 0 Å². The minimum Gasteiger partial charge on any atom is -0.495 e. The van der Waals surface area contributed by atoms with E-state index < -0.39 is 5.97 Å². The number of nitrogens with zero attached hydrogens (tertiary/aromatic N) is 1. The Bertz CT molecular complexity index is 1020. The molecule has 0 atom stereocenters. The number of benzene rings is 2. The SMILES string of the molecule is COC(=O)c1cc(Nc2cc(Cl)c(OC)cc2OC)c2cccc(C)c2n1. The molecule has 7 heteroatoms. The number of halogens is 1. The molecule has 0 aliphatic heterocycles. The van der Waals surface area contributed by atoms with Crippen LogP contribution in [0.5, 0.6) is 11.5 Å². The molecule has 0 saturated heterocycles. The summed E-state index contributed by atoms with van der Waals surface area (Å²) in [5.41, 5.74) is 3.18. The fourth-order valence-electron chi connectivity index (χ4n) is 2.81. The number of aryl methyl sites for hydroxylation is 1. The van der Waals surface area contributed by atoms with Gasteiger partial charge in [0, 0.05) is 11.5 Å². The predicted octanol–water partition coefficient (Wildman–Crippen LogP) is 4.74. The third-order valence-electron chi connectivity index (χ3n) is 4.18. The molecule has 0 aliphatic carbocycles. The van der Waals surface area contributed by atoms with Crippen LogP contribution in [0.2, 0.25) is 5.02 Å². The maximum absolute atomic E-state index is 12.1. The lowest BCUT2D eigenvalue weighted by atomic mass is 10.1. The zero-order valence-corrected chi connectivity index (χ0v) is 16.2. The second-order valence-corrected chi connectivity index (χ2v) is 6.24. The highest BCUT2D eigenvalue weighted by Crippen LogP contribution is 2.38. The Labute approximate surface area is 162 Å². The minimum atomic E-state index is -0.511. The highest BCUT2D eigenvalue weighted by Gasteiger charge is 2.16. The molecule has 1 N–H and O–H groups in total. The van der Waals surface area contributed by atoms with Crippen LogP contribution in [-0.4, -0.2) is 32.3 Å². The van der Waals surface area contributed by atoms with Gasteiger partial charge in [-0.05, 0) is 24.6 Å². The number of hydrogen-bond acceptors (Lipinski definition) is 6. The van der Waals surface area contributed by atoms with Crippen LogP contribution in [0.1, 0.15) is 16.1 Å². The number of aromatic nitrogens is 1. The molecular weight excluding hydrogens is 368 g/mol. The van der Waals surface area contributed by atoms with Crippen LogP contribution in [-0.2, 0) is 4.74 Å². The van der Waals surface area contributed by atoms with Gasteiger partial charge in [0.25, 0.3) is 0 Å². The Kier molecular flexibility index (Phi) is 5.37. The Hall–Kier alpha value is -2.99. The number of hydrogen-bond donors (Lipinski definition) is 1. The first-order chi connectivity index (χ1) is 13.0. The number of esters is 1. The van der Waals surface area contributed by atoms with Crippen LogP contribution >= 0.6 is 11.6 Å². The summed E-state index contributed by atoms with van der Waals surface area (Å²) in [5.74, 6) is 0.543. The number of anilines is 2. The lowest BCUT2D eigenvalue weighted by molar-refractivity contribution is 0.0594. The molecule has 1 heterocycles. The van der Waals surface area contributed by atoms with E-state index in [1.54, 1.807) is 25.3 Å². The number of pyridine rings is 1. The summed E-state index contributed by atoms with van der Waals surface area (Å²) >= 11 is 6.27. The number of ether oxygens (including phenoxy) is 3. The third-order valence-corrected chi connectivity index (χ3v) is 4.47. The first-order valence-electron chi connectivity index (χ1n) is 8.15. The number of fused-ring (bicyclic) bond motifs is 1. The number of carbonyl (C=O) groups is 1. The quantitative estimate of drug-likeness (QED) is 0.638. The van der Waals surface area contributed by atoms with E-state index in [2.05, 4.69) is 10.3 Å². The minimum absolute atomic E-state index is 0.209. The smallest absolute Gasteiger partial charge is 0.356 e. The normalized spacial score (nSPS) is 10.6. The summed E-state index contributed by atoms with van der Waals surface area (Å²) in [4.78, 5) is 16.5. The van der Waals surface area contributed by atoms with Gasteiger partial charge in [0.2, 0.25) is 0 Å². The molecule has 6 nitrogen and oxygen atoms in total. The molecule has 140 valence electrons. The fraction of sp³-hybridized carbons (Fsp3) is 0.200. The van der Waals surface area contributed by atoms with Crippen molar-refractivity contribution in [2.24, 2.45) is 0 Å². The van der Waals surface area contributed by atoms with Gasteiger partial charge in [0.1, 0.15) is 11.5 Å². The molecule has 0 spiro atoms. The first-order valence-corrected chi connectivity index (χ1v) is 8.53. The largest absolute Gasteiger partial charge is 0.495 e. The van der Waals surface area contributed by atoms with Gasteiger partial charge >= 0.3 is 5.97 Å². The Morgan fingerprint density at radius 2 is 1.78 bits per heavy atom. The summed E-state index contributed by atoms with van der Waals surface area (Å²) in [6, 6.07) is 10.8. The molecule has 0 radical (unpaired) electrons. The van der Waals surface area contributed by atoms with Crippen molar-refractivity contribution in [3.63, 3.8) is 0 Å². The molecule has 3 aromatic rings. The van der Waals surface area contributed by atoms with Crippen molar-refractivity contribution >= 4 is 39.8 Å². The second kappa shape index (κ2) is 7.72. The van der Waals surface area contributed by atoms with Gasteiger partial charge in [-0.2, -0.15) is 0 Å². The van der Waals surface area contributed by atoms with Gasteiger partial charge < -0.3 is 19.5 Å². The van der Waals surface area contributed by atoms with Crippen molar-refractivity contribution in [3.05, 3.63) is 52.7 Å². The van der Waals surface area contributed by atoms with Crippen LogP contribution in [0.4, 0.5) is 11.4 Å². The lowest BCUT2D eigenvalue weighted by Crippen LogP contribution is -2.06. The molecule has 0 aliphatic rings. The van der Waals surface area contributed by atoms with Crippen molar-refractivity contribution in [2.75, 3.05) is 26.6 Å². The highest BCUT2D eigenvalue weighted by molar-refractivity contribution is 6.32. The Morgan fingerprint density at radius 3 is 2.44 bits per heavy atom. The summed E-state index contributed by atoms with van der Waals surface area (Å²) in [5, 5.41) is 4.58. The van der Waals surface area contributed by atoms with Crippen molar-refractivity contribution in [1.82, 2.24) is 4.98 Å². The predicted molar refractivity (Wildman–Crippen MR) is 106 cm³/mol. The van der Waals surface area contributed by atoms with Gasteiger partial charge in [-0.25, -0.2) is 9.78 Å². The van der Waals surface area contributed by atoms with E-state index in [-0.39, 0.29) is 5.69 Å². The van der Waals surface area contributed by atoms with E-state index in [0.29, 0.717) is 33.4 Å². The molecule has 2 aromatic carbocycles. The molecular formula is C20H19ClN2O4. The van der Waals surface area contributed by atoms with E-state index in [0.717, 1.165) is 10.9 Å². The zero-order chi connectivity index (χ0) is 19.6. The highest BCUT2D eigenvalue weighted by atomic mass is 35.5. The molecule has 0 unspecified atom stereocenters. The molecule has 1 aromatic heterocycles. The molecule has 27 heavy (non-hydrogen) atoms. The maximum Gasteiger partial charge on any atom is 0.356 e. The molecule has 0 fully saturated rings. The Morgan fingerprint density at radius 1 is 1.04 bits per heavy atom. The molecule has 0 amide bonds. The van der Waals surface area contributed by atoms with E-state index >= 15 is 0 Å². The standard InChI is InChI=1S/C20H19ClN2O4/c1-11-6-5-7-12-14(9-16(20(24)27-4)23-19(11)12)22-15-8-13(21)17(25-2)10-18(15)26-3/h5-10H,1-4H3,(H,22,23). The van der Waals surface area contributed by atoms with Gasteiger partial charge in [-0.1, -0.05) is 29.8 Å². The summed E-state index contributed by atoms with van der Waals surface area (Å²) in [7, 11) is 4.42. The van der Waals surface area contributed by atoms with Crippen LogP contribution < -0.4 is 14.8 Å². The van der Waals surface area contributed by atoms with E-state index in [9.17, 15) is 4.79 Å². The summed E-state index contributed by atoms with van der Waals surface area (Å²) in [6.07, 6.45) is 0. The van der Waals surface area contributed by atoms with Gasteiger partial charge in [-0.3, -0.25) is 0 Å². The zero-order valence-electron chi connectivity index (χ0n) is 15.4. The number of nitrogens with one attached hydrogen (secondary N) is 1. The summed E-state index contributed by atoms with van der Waals surface area (Å²) < 4.78 is 15.5. The molecule has 0 bridgehead atoms. The van der Waals surface area contributed by atoms with Crippen molar-refractivity contribution < 1.29 is 19.0 Å². The van der Waals surface area contributed by atoms with Crippen LogP contribution in [0, 0.1) is 6.92 Å². The summed E-state index contributed by atoms with van der Waals surface area (Å²) in [6.45, 7) is 1.94. The average Bonchev–Trinajstić information content (AvgIpc) is 2.68. The number of carbonyl (C=O) groups excluding carboxylic acids is 1. The Balaban J connectivity index is 2.18. The first kappa shape index (κ1) is 18.8. The van der Waals surface area contributed by atoms with Gasteiger partial charge in [0.05, 0.1) is 43.2 Å². The number of para-hydroxylation sites is 1. The van der Waals surface area contributed by atoms with Crippen molar-refractivity contribution in [3.8, 4) is 11.5 Å². The average molecular weight is 387 g/mol. The maximum atomic E-state index is 12.1. The number of rotatable bonds is 5. The van der Waals surface area contributed by atoms with E-state index in [4.69, 9.17) is 25.8 Å². The van der Waals surface area contributed by atoms with Crippen LogP contribution in [0.3, 0.4) is 0 Å². The topological polar surface area (TPSA) is 69.7 Å². The molecule has 3 rings (SSSR count). The van der Waals surface area contributed by atoms with Gasteiger partial charge in [-0.15, -0.1) is 0 Å². The van der Waals surface area contributed by atoms with Crippen molar-refractivity contribution in [2.45, 2.75) is 6.92 Å². The van der Waals surface area contributed by atoms with Crippen LogP contribution in [0.25, 0.3) is 10.9 Å². The number of methoxy groups -OCH3 is 3. The van der Waals surface area contributed by atoms with E-state index in [1.165, 1.54) is 14.2 Å². The monoisotopic (exact) mass is 386 g/mol. The fourth-order valence-corrected chi connectivity index (χ4v) is 3.05. The van der Waals surface area contributed by atoms with Gasteiger partial charge in [0.15, 0.2) is 5.69 Å².